The third kappa shape index (κ3) is 4.40. The van der Waals surface area contributed by atoms with Crippen LogP contribution in [0.4, 0.5) is 5.69 Å². The van der Waals surface area contributed by atoms with Crippen LogP contribution in [0.3, 0.4) is 0 Å². The lowest BCUT2D eigenvalue weighted by Crippen LogP contribution is -2.28. The zero-order valence-corrected chi connectivity index (χ0v) is 20.4. The lowest BCUT2D eigenvalue weighted by Gasteiger charge is -2.17. The molecule has 0 aromatic heterocycles. The van der Waals surface area contributed by atoms with Gasteiger partial charge in [-0.2, -0.15) is 5.26 Å². The Kier molecular flexibility index (Phi) is 6.82. The molecular formula is C25H22ClN3O4S. The van der Waals surface area contributed by atoms with Crippen LogP contribution in [0.1, 0.15) is 47.1 Å². The van der Waals surface area contributed by atoms with E-state index in [2.05, 4.69) is 17.4 Å². The number of nitrogens with one attached hydrogen (secondary N) is 1. The van der Waals surface area contributed by atoms with Gasteiger partial charge >= 0.3 is 0 Å². The van der Waals surface area contributed by atoms with Gasteiger partial charge < -0.3 is 0 Å². The van der Waals surface area contributed by atoms with Crippen molar-refractivity contribution in [2.45, 2.75) is 31.1 Å². The van der Waals surface area contributed by atoms with E-state index < -0.39 is 27.3 Å². The third-order valence-electron chi connectivity index (χ3n) is 5.36. The SMILES string of the molecule is C=C/C=C\C(=C/C)N1C(=O)c2c(Cl)ccc(NS(=O)(=O)c3ccc(C(C)(C)C#N)cc3)c2C1=O. The first-order valence-electron chi connectivity index (χ1n) is 10.2. The van der Waals surface area contributed by atoms with Crippen LogP contribution in [0.25, 0.3) is 0 Å². The summed E-state index contributed by atoms with van der Waals surface area (Å²) in [6.45, 7) is 8.69. The van der Waals surface area contributed by atoms with Gasteiger partial charge in [-0.25, -0.2) is 13.3 Å². The molecule has 0 fully saturated rings. The Hall–Kier alpha value is -3.67. The van der Waals surface area contributed by atoms with Crippen LogP contribution in [-0.4, -0.2) is 25.1 Å². The molecule has 9 heteroatoms. The minimum absolute atomic E-state index is 0.0324. The van der Waals surface area contributed by atoms with Crippen molar-refractivity contribution in [2.24, 2.45) is 0 Å². The van der Waals surface area contributed by atoms with Crippen LogP contribution >= 0.6 is 11.6 Å². The van der Waals surface area contributed by atoms with E-state index in [1.165, 1.54) is 36.4 Å². The van der Waals surface area contributed by atoms with Gasteiger partial charge in [-0.15, -0.1) is 0 Å². The summed E-state index contributed by atoms with van der Waals surface area (Å²) in [6, 6.07) is 10.7. The molecule has 0 aliphatic carbocycles. The number of amides is 2. The van der Waals surface area contributed by atoms with E-state index >= 15 is 0 Å². The van der Waals surface area contributed by atoms with Gasteiger partial charge in [0, 0.05) is 5.70 Å². The number of benzene rings is 2. The maximum Gasteiger partial charge on any atom is 0.268 e. The molecule has 0 saturated heterocycles. The first kappa shape index (κ1) is 25.0. The van der Waals surface area contributed by atoms with Crippen molar-refractivity contribution >= 4 is 39.1 Å². The largest absolute Gasteiger partial charge is 0.279 e. The maximum absolute atomic E-state index is 13.2. The summed E-state index contributed by atoms with van der Waals surface area (Å²) >= 11 is 6.22. The number of sulfonamides is 1. The molecular weight excluding hydrogens is 474 g/mol. The predicted octanol–water partition coefficient (Wildman–Crippen LogP) is 5.18. The Bertz CT molecular complexity index is 1400. The van der Waals surface area contributed by atoms with Crippen molar-refractivity contribution in [3.8, 4) is 6.07 Å². The molecule has 1 N–H and O–H groups in total. The summed E-state index contributed by atoms with van der Waals surface area (Å²) in [6.07, 6.45) is 6.18. The van der Waals surface area contributed by atoms with Crippen LogP contribution < -0.4 is 4.72 Å². The van der Waals surface area contributed by atoms with Gasteiger partial charge in [0.05, 0.1) is 38.2 Å². The number of nitrogens with zero attached hydrogens (tertiary/aromatic N) is 2. The van der Waals surface area contributed by atoms with Crippen molar-refractivity contribution in [3.63, 3.8) is 0 Å². The Morgan fingerprint density at radius 2 is 1.74 bits per heavy atom. The number of anilines is 1. The van der Waals surface area contributed by atoms with Gasteiger partial charge in [-0.1, -0.05) is 48.5 Å². The van der Waals surface area contributed by atoms with E-state index in [4.69, 9.17) is 11.6 Å². The standard InChI is InChI=1S/C25H22ClN3O4S/c1-5-7-8-17(6-2)29-23(30)21-19(26)13-14-20(22(21)24(29)31)28-34(32,33)18-11-9-16(10-12-18)25(3,4)15-27/h5-14,28H,1H2,2-4H3/b8-7-,17-6+. The number of hydrogen-bond donors (Lipinski definition) is 1. The maximum atomic E-state index is 13.2. The molecule has 2 aromatic rings. The fourth-order valence-corrected chi connectivity index (χ4v) is 4.74. The Morgan fingerprint density at radius 3 is 2.29 bits per heavy atom. The lowest BCUT2D eigenvalue weighted by molar-refractivity contribution is 0.0709. The lowest BCUT2D eigenvalue weighted by atomic mass is 9.87. The second-order valence-corrected chi connectivity index (χ2v) is 10.1. The second-order valence-electron chi connectivity index (χ2n) is 7.97. The van der Waals surface area contributed by atoms with Crippen molar-refractivity contribution in [1.29, 1.82) is 5.26 Å². The average Bonchev–Trinajstić information content (AvgIpc) is 3.08. The average molecular weight is 496 g/mol. The Labute approximate surface area is 203 Å². The highest BCUT2D eigenvalue weighted by Gasteiger charge is 2.41. The third-order valence-corrected chi connectivity index (χ3v) is 7.05. The van der Waals surface area contributed by atoms with E-state index in [9.17, 15) is 23.3 Å². The molecule has 1 aliphatic rings. The zero-order chi connectivity index (χ0) is 25.3. The van der Waals surface area contributed by atoms with E-state index in [0.29, 0.717) is 11.3 Å². The molecule has 0 spiro atoms. The number of halogens is 1. The number of carbonyl (C=O) groups is 2. The van der Waals surface area contributed by atoms with Gasteiger partial charge in [-0.05, 0) is 56.7 Å². The molecule has 3 rings (SSSR count). The van der Waals surface area contributed by atoms with Crippen LogP contribution in [0.15, 0.2) is 77.9 Å². The molecule has 34 heavy (non-hydrogen) atoms. The first-order valence-corrected chi connectivity index (χ1v) is 12.1. The zero-order valence-electron chi connectivity index (χ0n) is 18.8. The molecule has 7 nitrogen and oxygen atoms in total. The highest BCUT2D eigenvalue weighted by molar-refractivity contribution is 7.92. The van der Waals surface area contributed by atoms with Crippen molar-refractivity contribution in [2.75, 3.05) is 4.72 Å². The van der Waals surface area contributed by atoms with E-state index in [-0.39, 0.29) is 26.7 Å². The number of carbonyl (C=O) groups excluding carboxylic acids is 2. The van der Waals surface area contributed by atoms with E-state index in [1.54, 1.807) is 45.1 Å². The molecule has 1 aliphatic heterocycles. The number of nitriles is 1. The van der Waals surface area contributed by atoms with Crippen molar-refractivity contribution < 1.29 is 18.0 Å². The number of fused-ring (bicyclic) bond motifs is 1. The van der Waals surface area contributed by atoms with Crippen molar-refractivity contribution in [3.05, 3.63) is 94.7 Å². The number of rotatable bonds is 7. The normalized spacial score (nSPS) is 14.3. The molecule has 2 amide bonds. The fraction of sp³-hybridized carbons (Fsp3) is 0.160. The predicted molar refractivity (Wildman–Crippen MR) is 131 cm³/mol. The van der Waals surface area contributed by atoms with E-state index in [1.807, 2.05) is 0 Å². The molecule has 174 valence electrons. The van der Waals surface area contributed by atoms with Gasteiger partial charge in [0.2, 0.25) is 0 Å². The summed E-state index contributed by atoms with van der Waals surface area (Å²) in [5.74, 6) is -1.36. The molecule has 0 atom stereocenters. The van der Waals surface area contributed by atoms with Gasteiger partial charge in [0.25, 0.3) is 21.8 Å². The smallest absolute Gasteiger partial charge is 0.268 e. The molecule has 0 radical (unpaired) electrons. The van der Waals surface area contributed by atoms with Gasteiger partial charge in [-0.3, -0.25) is 14.3 Å². The number of hydrogen-bond acceptors (Lipinski definition) is 5. The van der Waals surface area contributed by atoms with Crippen LogP contribution in [0.2, 0.25) is 5.02 Å². The summed E-state index contributed by atoms with van der Waals surface area (Å²) in [7, 11) is -4.12. The highest BCUT2D eigenvalue weighted by atomic mass is 35.5. The topological polar surface area (TPSA) is 107 Å². The monoisotopic (exact) mass is 495 g/mol. The molecule has 1 heterocycles. The summed E-state index contributed by atoms with van der Waals surface area (Å²) in [5.41, 5.74) is -0.104. The molecule has 0 bridgehead atoms. The Balaban J connectivity index is 2.03. The van der Waals surface area contributed by atoms with Crippen molar-refractivity contribution in [1.82, 2.24) is 4.90 Å². The van der Waals surface area contributed by atoms with Gasteiger partial charge in [0.15, 0.2) is 0 Å². The number of allylic oxidation sites excluding steroid dienone is 4. The summed E-state index contributed by atoms with van der Waals surface area (Å²) < 4.78 is 28.5. The fourth-order valence-electron chi connectivity index (χ4n) is 3.43. The highest BCUT2D eigenvalue weighted by Crippen LogP contribution is 2.37. The summed E-state index contributed by atoms with van der Waals surface area (Å²) in [5, 5.41) is 9.32. The van der Waals surface area contributed by atoms with Crippen LogP contribution in [-0.2, 0) is 15.4 Å². The Morgan fingerprint density at radius 1 is 1.12 bits per heavy atom. The number of imide groups is 1. The quantitative estimate of drug-likeness (QED) is 0.420. The van der Waals surface area contributed by atoms with Gasteiger partial charge in [0.1, 0.15) is 0 Å². The first-order chi connectivity index (χ1) is 16.0. The van der Waals surface area contributed by atoms with Crippen LogP contribution in [0, 0.1) is 11.3 Å². The minimum Gasteiger partial charge on any atom is -0.279 e. The second kappa shape index (κ2) is 9.29. The van der Waals surface area contributed by atoms with E-state index in [0.717, 1.165) is 4.90 Å². The molecule has 2 aromatic carbocycles. The molecule has 0 saturated carbocycles. The minimum atomic E-state index is -4.12. The molecule has 0 unspecified atom stereocenters. The van der Waals surface area contributed by atoms with Crippen LogP contribution in [0.5, 0.6) is 0 Å². The summed E-state index contributed by atoms with van der Waals surface area (Å²) in [4.78, 5) is 27.2.